The lowest BCUT2D eigenvalue weighted by Gasteiger charge is -2.09. The van der Waals surface area contributed by atoms with Crippen molar-refractivity contribution < 1.29 is 9.53 Å². The number of carbonyl (C=O) groups is 1. The number of carbonyl (C=O) groups excluding carboxylic acids is 1. The van der Waals surface area contributed by atoms with Crippen LogP contribution in [0.1, 0.15) is 16.1 Å². The fourth-order valence-corrected chi connectivity index (χ4v) is 2.81. The number of rotatable bonds is 4. The van der Waals surface area contributed by atoms with E-state index in [0.29, 0.717) is 17.1 Å². The number of hydrogen-bond acceptors (Lipinski definition) is 3. The minimum absolute atomic E-state index is 0.242. The van der Waals surface area contributed by atoms with E-state index in [1.165, 1.54) is 0 Å². The number of fused-ring (bicyclic) bond motifs is 1. The fourth-order valence-electron chi connectivity index (χ4n) is 2.81. The number of nitrogens with zero attached hydrogens (tertiary/aromatic N) is 1. The molecule has 1 N–H and O–H groups in total. The van der Waals surface area contributed by atoms with Crippen molar-refractivity contribution in [3.63, 3.8) is 0 Å². The van der Waals surface area contributed by atoms with Crippen molar-refractivity contribution in [2.75, 3.05) is 5.32 Å². The van der Waals surface area contributed by atoms with Crippen LogP contribution in [0.5, 0.6) is 11.5 Å². The third kappa shape index (κ3) is 3.96. The lowest BCUT2D eigenvalue weighted by atomic mass is 10.2. The first-order valence-electron chi connectivity index (χ1n) is 8.69. The zero-order chi connectivity index (χ0) is 18.6. The predicted octanol–water partition coefficient (Wildman–Crippen LogP) is 5.59. The van der Waals surface area contributed by atoms with Crippen molar-refractivity contribution in [1.82, 2.24) is 4.98 Å². The highest BCUT2D eigenvalue weighted by Gasteiger charge is 2.09. The van der Waals surface area contributed by atoms with Crippen LogP contribution in [0, 0.1) is 6.92 Å². The van der Waals surface area contributed by atoms with Crippen molar-refractivity contribution in [3.8, 4) is 11.5 Å². The molecular weight excluding hydrogens is 336 g/mol. The molecule has 1 heterocycles. The zero-order valence-electron chi connectivity index (χ0n) is 14.8. The zero-order valence-corrected chi connectivity index (χ0v) is 14.8. The van der Waals surface area contributed by atoms with Crippen LogP contribution in [-0.2, 0) is 0 Å². The average molecular weight is 354 g/mol. The van der Waals surface area contributed by atoms with Gasteiger partial charge in [-0.1, -0.05) is 36.4 Å². The lowest BCUT2D eigenvalue weighted by Crippen LogP contribution is -2.13. The molecule has 0 aliphatic carbocycles. The molecule has 3 aromatic carbocycles. The summed E-state index contributed by atoms with van der Waals surface area (Å²) in [5, 5.41) is 3.87. The van der Waals surface area contributed by atoms with Crippen LogP contribution in [0.15, 0.2) is 84.9 Å². The highest BCUT2D eigenvalue weighted by Crippen LogP contribution is 2.24. The van der Waals surface area contributed by atoms with Gasteiger partial charge in [-0.25, -0.2) is 4.98 Å². The SMILES string of the molecule is Cc1cccc(Oc2ccc(NC(=O)c3ccc4ccccc4n3)cc2)c1. The summed E-state index contributed by atoms with van der Waals surface area (Å²) in [5.41, 5.74) is 3.01. The molecule has 0 saturated heterocycles. The van der Waals surface area contributed by atoms with Crippen molar-refractivity contribution in [2.45, 2.75) is 6.92 Å². The molecule has 0 unspecified atom stereocenters. The second-order valence-corrected chi connectivity index (χ2v) is 6.29. The molecule has 0 aliphatic heterocycles. The second-order valence-electron chi connectivity index (χ2n) is 6.29. The molecule has 1 aromatic heterocycles. The number of para-hydroxylation sites is 1. The van der Waals surface area contributed by atoms with E-state index in [-0.39, 0.29) is 5.91 Å². The molecule has 4 heteroatoms. The second kappa shape index (κ2) is 7.30. The molecule has 4 rings (SSSR count). The van der Waals surface area contributed by atoms with E-state index in [0.717, 1.165) is 22.2 Å². The van der Waals surface area contributed by atoms with Gasteiger partial charge in [-0.05, 0) is 61.0 Å². The smallest absolute Gasteiger partial charge is 0.274 e. The van der Waals surface area contributed by atoms with Crippen LogP contribution >= 0.6 is 0 Å². The maximum Gasteiger partial charge on any atom is 0.274 e. The quantitative estimate of drug-likeness (QED) is 0.520. The Morgan fingerprint density at radius 2 is 1.67 bits per heavy atom. The summed E-state index contributed by atoms with van der Waals surface area (Å²) >= 11 is 0. The summed E-state index contributed by atoms with van der Waals surface area (Å²) < 4.78 is 5.83. The first-order chi connectivity index (χ1) is 13.2. The van der Waals surface area contributed by atoms with Gasteiger partial charge in [-0.2, -0.15) is 0 Å². The highest BCUT2D eigenvalue weighted by molar-refractivity contribution is 6.04. The van der Waals surface area contributed by atoms with Gasteiger partial charge in [-0.3, -0.25) is 4.79 Å². The molecule has 4 aromatic rings. The van der Waals surface area contributed by atoms with Gasteiger partial charge < -0.3 is 10.1 Å². The van der Waals surface area contributed by atoms with Gasteiger partial charge in [0, 0.05) is 11.1 Å². The van der Waals surface area contributed by atoms with E-state index < -0.39 is 0 Å². The van der Waals surface area contributed by atoms with E-state index in [1.54, 1.807) is 6.07 Å². The Labute approximate surface area is 157 Å². The number of pyridine rings is 1. The summed E-state index contributed by atoms with van der Waals surface area (Å²) in [6.07, 6.45) is 0. The summed E-state index contributed by atoms with van der Waals surface area (Å²) in [6, 6.07) is 26.5. The number of hydrogen-bond donors (Lipinski definition) is 1. The van der Waals surface area contributed by atoms with E-state index in [9.17, 15) is 4.79 Å². The Morgan fingerprint density at radius 1 is 0.852 bits per heavy atom. The molecule has 0 saturated carbocycles. The molecule has 4 nitrogen and oxygen atoms in total. The van der Waals surface area contributed by atoms with E-state index in [2.05, 4.69) is 10.3 Å². The largest absolute Gasteiger partial charge is 0.457 e. The normalized spacial score (nSPS) is 10.6. The molecule has 132 valence electrons. The molecule has 0 radical (unpaired) electrons. The summed E-state index contributed by atoms with van der Waals surface area (Å²) in [4.78, 5) is 16.9. The maximum atomic E-state index is 12.5. The first-order valence-corrected chi connectivity index (χ1v) is 8.69. The fraction of sp³-hybridized carbons (Fsp3) is 0.0435. The van der Waals surface area contributed by atoms with Gasteiger partial charge in [0.15, 0.2) is 0 Å². The van der Waals surface area contributed by atoms with Crippen molar-refractivity contribution in [1.29, 1.82) is 0 Å². The Kier molecular flexibility index (Phi) is 4.54. The highest BCUT2D eigenvalue weighted by atomic mass is 16.5. The van der Waals surface area contributed by atoms with E-state index in [4.69, 9.17) is 4.74 Å². The van der Waals surface area contributed by atoms with Gasteiger partial charge in [0.05, 0.1) is 5.52 Å². The van der Waals surface area contributed by atoms with E-state index in [1.807, 2.05) is 85.8 Å². The van der Waals surface area contributed by atoms with Crippen LogP contribution in [0.25, 0.3) is 10.9 Å². The number of nitrogens with one attached hydrogen (secondary N) is 1. The van der Waals surface area contributed by atoms with Crippen LogP contribution in [0.3, 0.4) is 0 Å². The summed E-state index contributed by atoms with van der Waals surface area (Å²) in [6.45, 7) is 2.02. The summed E-state index contributed by atoms with van der Waals surface area (Å²) in [5.74, 6) is 1.25. The van der Waals surface area contributed by atoms with Gasteiger partial charge in [0.2, 0.25) is 0 Å². The standard InChI is InChI=1S/C23H18N2O2/c1-16-5-4-7-20(15-16)27-19-12-10-18(11-13-19)24-23(26)22-14-9-17-6-2-3-8-21(17)25-22/h2-15H,1H3,(H,24,26). The van der Waals surface area contributed by atoms with Gasteiger partial charge in [-0.15, -0.1) is 0 Å². The number of benzene rings is 3. The molecular formula is C23H18N2O2. The van der Waals surface area contributed by atoms with Gasteiger partial charge >= 0.3 is 0 Å². The van der Waals surface area contributed by atoms with Gasteiger partial charge in [0.1, 0.15) is 17.2 Å². The number of anilines is 1. The Morgan fingerprint density at radius 3 is 2.48 bits per heavy atom. The Bertz CT molecular complexity index is 1100. The first kappa shape index (κ1) is 16.8. The maximum absolute atomic E-state index is 12.5. The number of aromatic nitrogens is 1. The molecule has 0 fully saturated rings. The molecule has 0 atom stereocenters. The van der Waals surface area contributed by atoms with Crippen LogP contribution in [0.4, 0.5) is 5.69 Å². The molecule has 0 spiro atoms. The molecule has 0 bridgehead atoms. The number of aryl methyl sites for hydroxylation is 1. The Hall–Kier alpha value is -3.66. The van der Waals surface area contributed by atoms with E-state index >= 15 is 0 Å². The monoisotopic (exact) mass is 354 g/mol. The van der Waals surface area contributed by atoms with Crippen molar-refractivity contribution in [2.24, 2.45) is 0 Å². The average Bonchev–Trinajstić information content (AvgIpc) is 2.69. The number of ether oxygens (including phenoxy) is 1. The lowest BCUT2D eigenvalue weighted by molar-refractivity contribution is 0.102. The minimum Gasteiger partial charge on any atom is -0.457 e. The molecule has 1 amide bonds. The Balaban J connectivity index is 1.46. The van der Waals surface area contributed by atoms with Crippen LogP contribution < -0.4 is 10.1 Å². The molecule has 0 aliphatic rings. The molecule has 27 heavy (non-hydrogen) atoms. The third-order valence-electron chi connectivity index (χ3n) is 4.17. The minimum atomic E-state index is -0.242. The predicted molar refractivity (Wildman–Crippen MR) is 107 cm³/mol. The van der Waals surface area contributed by atoms with Gasteiger partial charge in [0.25, 0.3) is 5.91 Å². The number of amides is 1. The van der Waals surface area contributed by atoms with Crippen molar-refractivity contribution in [3.05, 3.63) is 96.2 Å². The topological polar surface area (TPSA) is 51.2 Å². The van der Waals surface area contributed by atoms with Crippen LogP contribution in [-0.4, -0.2) is 10.9 Å². The summed E-state index contributed by atoms with van der Waals surface area (Å²) in [7, 11) is 0. The van der Waals surface area contributed by atoms with Crippen molar-refractivity contribution >= 4 is 22.5 Å². The third-order valence-corrected chi connectivity index (χ3v) is 4.17. The van der Waals surface area contributed by atoms with Crippen LogP contribution in [0.2, 0.25) is 0 Å².